The van der Waals surface area contributed by atoms with Crippen LogP contribution in [0.15, 0.2) is 6.20 Å². The third-order valence-corrected chi connectivity index (χ3v) is 3.78. The summed E-state index contributed by atoms with van der Waals surface area (Å²) in [4.78, 5) is 4.49. The standard InChI is InChI=1S/C14H22N2O/c1-9-7-15-11(10(2)13(9)17-5)8-16-12-6-14(12,3)4/h7,12,16H,6,8H2,1-5H3. The Labute approximate surface area is 104 Å². The molecule has 0 amide bonds. The van der Waals surface area contributed by atoms with Crippen molar-refractivity contribution in [3.63, 3.8) is 0 Å². The molecule has 1 N–H and O–H groups in total. The Morgan fingerprint density at radius 2 is 2.12 bits per heavy atom. The first-order chi connectivity index (χ1) is 7.95. The summed E-state index contributed by atoms with van der Waals surface area (Å²) in [5.74, 6) is 0.965. The topological polar surface area (TPSA) is 34.1 Å². The van der Waals surface area contributed by atoms with E-state index in [9.17, 15) is 0 Å². The fourth-order valence-corrected chi connectivity index (χ4v) is 2.28. The molecule has 1 aliphatic carbocycles. The summed E-state index contributed by atoms with van der Waals surface area (Å²) in [5.41, 5.74) is 3.80. The molecule has 1 heterocycles. The first-order valence-corrected chi connectivity index (χ1v) is 6.18. The number of aromatic nitrogens is 1. The fraction of sp³-hybridized carbons (Fsp3) is 0.643. The molecule has 3 heteroatoms. The van der Waals surface area contributed by atoms with Gasteiger partial charge in [0.1, 0.15) is 5.75 Å². The third kappa shape index (κ3) is 2.44. The first kappa shape index (κ1) is 12.4. The van der Waals surface area contributed by atoms with Gasteiger partial charge in [-0.3, -0.25) is 4.98 Å². The average molecular weight is 234 g/mol. The summed E-state index contributed by atoms with van der Waals surface area (Å²) in [7, 11) is 1.72. The lowest BCUT2D eigenvalue weighted by Crippen LogP contribution is -2.21. The predicted molar refractivity (Wildman–Crippen MR) is 69.3 cm³/mol. The van der Waals surface area contributed by atoms with Crippen LogP contribution in [0.4, 0.5) is 0 Å². The van der Waals surface area contributed by atoms with Gasteiger partial charge in [-0.25, -0.2) is 0 Å². The zero-order chi connectivity index (χ0) is 12.6. The molecular weight excluding hydrogens is 212 g/mol. The second-order valence-corrected chi connectivity index (χ2v) is 5.67. The highest BCUT2D eigenvalue weighted by molar-refractivity contribution is 5.41. The van der Waals surface area contributed by atoms with Gasteiger partial charge in [0.15, 0.2) is 0 Å². The van der Waals surface area contributed by atoms with Crippen LogP contribution in [0.1, 0.15) is 37.1 Å². The quantitative estimate of drug-likeness (QED) is 0.869. The van der Waals surface area contributed by atoms with E-state index in [2.05, 4.69) is 31.1 Å². The molecule has 1 aliphatic rings. The summed E-state index contributed by atoms with van der Waals surface area (Å²) in [6.07, 6.45) is 3.15. The minimum absolute atomic E-state index is 0.461. The van der Waals surface area contributed by atoms with Gasteiger partial charge in [-0.1, -0.05) is 13.8 Å². The molecule has 0 spiro atoms. The van der Waals surface area contributed by atoms with E-state index in [0.717, 1.165) is 29.1 Å². The van der Waals surface area contributed by atoms with Crippen molar-refractivity contribution in [1.29, 1.82) is 0 Å². The molecule has 1 unspecified atom stereocenters. The molecule has 1 aromatic heterocycles. The van der Waals surface area contributed by atoms with Gasteiger partial charge in [0.25, 0.3) is 0 Å². The van der Waals surface area contributed by atoms with Gasteiger partial charge in [-0.05, 0) is 25.7 Å². The molecule has 1 atom stereocenters. The zero-order valence-corrected chi connectivity index (χ0v) is 11.4. The number of hydrogen-bond acceptors (Lipinski definition) is 3. The van der Waals surface area contributed by atoms with Crippen LogP contribution in [0.2, 0.25) is 0 Å². The molecule has 0 saturated heterocycles. The summed E-state index contributed by atoms with van der Waals surface area (Å²) in [5, 5.41) is 3.56. The van der Waals surface area contributed by atoms with Gasteiger partial charge < -0.3 is 10.1 Å². The number of rotatable bonds is 4. The molecule has 0 aliphatic heterocycles. The van der Waals surface area contributed by atoms with Gasteiger partial charge >= 0.3 is 0 Å². The maximum absolute atomic E-state index is 5.41. The van der Waals surface area contributed by atoms with Crippen molar-refractivity contribution >= 4 is 0 Å². The van der Waals surface area contributed by atoms with E-state index in [0.29, 0.717) is 11.5 Å². The number of methoxy groups -OCH3 is 1. The van der Waals surface area contributed by atoms with Crippen LogP contribution in [0.5, 0.6) is 5.75 Å². The lowest BCUT2D eigenvalue weighted by molar-refractivity contribution is 0.406. The Morgan fingerprint density at radius 1 is 1.47 bits per heavy atom. The van der Waals surface area contributed by atoms with Crippen LogP contribution in [-0.4, -0.2) is 18.1 Å². The van der Waals surface area contributed by atoms with E-state index in [1.807, 2.05) is 13.1 Å². The average Bonchev–Trinajstić information content (AvgIpc) is 2.86. The van der Waals surface area contributed by atoms with Crippen molar-refractivity contribution in [1.82, 2.24) is 10.3 Å². The van der Waals surface area contributed by atoms with Crippen LogP contribution in [-0.2, 0) is 6.54 Å². The van der Waals surface area contributed by atoms with Crippen molar-refractivity contribution in [2.24, 2.45) is 5.41 Å². The van der Waals surface area contributed by atoms with Crippen LogP contribution in [0.25, 0.3) is 0 Å². The molecular formula is C14H22N2O. The Balaban J connectivity index is 2.06. The molecule has 17 heavy (non-hydrogen) atoms. The normalized spacial score (nSPS) is 21.4. The van der Waals surface area contributed by atoms with Gasteiger partial charge in [0.05, 0.1) is 12.8 Å². The Morgan fingerprint density at radius 3 is 2.65 bits per heavy atom. The van der Waals surface area contributed by atoms with E-state index in [1.54, 1.807) is 7.11 Å². The lowest BCUT2D eigenvalue weighted by atomic mass is 10.1. The highest BCUT2D eigenvalue weighted by atomic mass is 16.5. The molecule has 3 nitrogen and oxygen atoms in total. The Bertz CT molecular complexity index is 426. The number of aryl methyl sites for hydroxylation is 1. The largest absolute Gasteiger partial charge is 0.496 e. The Hall–Kier alpha value is -1.09. The summed E-state index contributed by atoms with van der Waals surface area (Å²) < 4.78 is 5.41. The van der Waals surface area contributed by atoms with Gasteiger partial charge in [-0.15, -0.1) is 0 Å². The maximum Gasteiger partial charge on any atom is 0.128 e. The number of nitrogens with one attached hydrogen (secondary N) is 1. The van der Waals surface area contributed by atoms with Crippen molar-refractivity contribution in [2.45, 2.75) is 46.7 Å². The summed E-state index contributed by atoms with van der Waals surface area (Å²) in [6, 6.07) is 0.635. The molecule has 1 fully saturated rings. The molecule has 0 aromatic carbocycles. The first-order valence-electron chi connectivity index (χ1n) is 6.18. The number of ether oxygens (including phenoxy) is 1. The zero-order valence-electron chi connectivity index (χ0n) is 11.4. The second kappa shape index (κ2) is 4.30. The molecule has 1 aromatic rings. The minimum atomic E-state index is 0.461. The molecule has 0 bridgehead atoms. The van der Waals surface area contributed by atoms with E-state index < -0.39 is 0 Å². The highest BCUT2D eigenvalue weighted by Crippen LogP contribution is 2.44. The lowest BCUT2D eigenvalue weighted by Gasteiger charge is -2.13. The van der Waals surface area contributed by atoms with Crippen molar-refractivity contribution in [3.8, 4) is 5.75 Å². The minimum Gasteiger partial charge on any atom is -0.496 e. The van der Waals surface area contributed by atoms with Gasteiger partial charge in [0, 0.05) is 29.9 Å². The third-order valence-electron chi connectivity index (χ3n) is 3.78. The fourth-order valence-electron chi connectivity index (χ4n) is 2.28. The van der Waals surface area contributed by atoms with Crippen LogP contribution < -0.4 is 10.1 Å². The SMILES string of the molecule is COc1c(C)cnc(CNC2CC2(C)C)c1C. The van der Waals surface area contributed by atoms with E-state index in [4.69, 9.17) is 4.74 Å². The molecule has 1 saturated carbocycles. The van der Waals surface area contributed by atoms with Crippen molar-refractivity contribution < 1.29 is 4.74 Å². The highest BCUT2D eigenvalue weighted by Gasteiger charge is 2.45. The summed E-state index contributed by atoms with van der Waals surface area (Å²) >= 11 is 0. The number of nitrogens with zero attached hydrogens (tertiary/aromatic N) is 1. The second-order valence-electron chi connectivity index (χ2n) is 5.67. The van der Waals surface area contributed by atoms with Crippen LogP contribution in [0, 0.1) is 19.3 Å². The van der Waals surface area contributed by atoms with E-state index >= 15 is 0 Å². The molecule has 0 radical (unpaired) electrons. The molecule has 94 valence electrons. The predicted octanol–water partition coefficient (Wildman–Crippen LogP) is 2.60. The van der Waals surface area contributed by atoms with Gasteiger partial charge in [0.2, 0.25) is 0 Å². The monoisotopic (exact) mass is 234 g/mol. The van der Waals surface area contributed by atoms with Crippen molar-refractivity contribution in [3.05, 3.63) is 23.0 Å². The molecule has 2 rings (SSSR count). The number of pyridine rings is 1. The van der Waals surface area contributed by atoms with Crippen LogP contribution >= 0.6 is 0 Å². The Kier molecular flexibility index (Phi) is 3.13. The van der Waals surface area contributed by atoms with Crippen LogP contribution in [0.3, 0.4) is 0 Å². The maximum atomic E-state index is 5.41. The number of hydrogen-bond donors (Lipinski definition) is 1. The van der Waals surface area contributed by atoms with Crippen molar-refractivity contribution in [2.75, 3.05) is 7.11 Å². The van der Waals surface area contributed by atoms with Gasteiger partial charge in [-0.2, -0.15) is 0 Å². The smallest absolute Gasteiger partial charge is 0.128 e. The van der Waals surface area contributed by atoms with E-state index in [-0.39, 0.29) is 0 Å². The van der Waals surface area contributed by atoms with E-state index in [1.165, 1.54) is 6.42 Å². The summed E-state index contributed by atoms with van der Waals surface area (Å²) in [6.45, 7) is 9.52.